The fourth-order valence-electron chi connectivity index (χ4n) is 2.15. The van der Waals surface area contributed by atoms with Crippen molar-refractivity contribution in [3.63, 3.8) is 0 Å². The molecule has 0 unspecified atom stereocenters. The molecule has 4 nitrogen and oxygen atoms in total. The second-order valence-corrected chi connectivity index (χ2v) is 6.60. The lowest BCUT2D eigenvalue weighted by Gasteiger charge is -2.52. The number of aliphatic hydroxyl groups is 1. The first-order valence-electron chi connectivity index (χ1n) is 6.24. The molecule has 0 aromatic carbocycles. The Bertz CT molecular complexity index is 288. The standard InChI is InChI=1S/C13H25NO3/c1-11(2,3)17-10(16)14-13(7-6-8-13)12(4,5)9-15/h15H,6-9H2,1-5H3,(H,14,16). The predicted molar refractivity (Wildman–Crippen MR) is 66.8 cm³/mol. The summed E-state index contributed by atoms with van der Waals surface area (Å²) in [7, 11) is 0. The smallest absolute Gasteiger partial charge is 0.408 e. The summed E-state index contributed by atoms with van der Waals surface area (Å²) in [6, 6.07) is 0. The van der Waals surface area contributed by atoms with Crippen molar-refractivity contribution in [2.24, 2.45) is 5.41 Å². The normalized spacial score (nSPS) is 19.4. The summed E-state index contributed by atoms with van der Waals surface area (Å²) in [6.45, 7) is 9.54. The van der Waals surface area contributed by atoms with Crippen LogP contribution in [0.15, 0.2) is 0 Å². The minimum atomic E-state index is -0.488. The van der Waals surface area contributed by atoms with Crippen molar-refractivity contribution in [1.29, 1.82) is 0 Å². The molecule has 0 spiro atoms. The van der Waals surface area contributed by atoms with Crippen LogP contribution in [0.3, 0.4) is 0 Å². The van der Waals surface area contributed by atoms with Crippen LogP contribution in [0.5, 0.6) is 0 Å². The van der Waals surface area contributed by atoms with Gasteiger partial charge >= 0.3 is 6.09 Å². The van der Waals surface area contributed by atoms with Gasteiger partial charge < -0.3 is 15.2 Å². The highest BCUT2D eigenvalue weighted by molar-refractivity contribution is 5.69. The highest BCUT2D eigenvalue weighted by atomic mass is 16.6. The minimum absolute atomic E-state index is 0.0583. The van der Waals surface area contributed by atoms with Crippen LogP contribution in [-0.2, 0) is 4.74 Å². The number of ether oxygens (including phenoxy) is 1. The fraction of sp³-hybridized carbons (Fsp3) is 0.923. The number of aliphatic hydroxyl groups excluding tert-OH is 1. The molecule has 4 heteroatoms. The minimum Gasteiger partial charge on any atom is -0.444 e. The number of amides is 1. The summed E-state index contributed by atoms with van der Waals surface area (Å²) in [5.74, 6) is 0. The van der Waals surface area contributed by atoms with E-state index in [0.29, 0.717) is 0 Å². The average molecular weight is 243 g/mol. The van der Waals surface area contributed by atoms with E-state index < -0.39 is 11.7 Å². The zero-order valence-corrected chi connectivity index (χ0v) is 11.6. The van der Waals surface area contributed by atoms with E-state index in [2.05, 4.69) is 5.32 Å². The molecule has 0 aromatic heterocycles. The molecule has 0 atom stereocenters. The zero-order valence-electron chi connectivity index (χ0n) is 11.6. The average Bonchev–Trinajstić information content (AvgIpc) is 2.08. The van der Waals surface area contributed by atoms with Gasteiger partial charge in [-0.3, -0.25) is 0 Å². The Morgan fingerprint density at radius 1 is 1.29 bits per heavy atom. The van der Waals surface area contributed by atoms with E-state index in [1.807, 2.05) is 34.6 Å². The third kappa shape index (κ3) is 3.12. The van der Waals surface area contributed by atoms with Gasteiger partial charge in [-0.25, -0.2) is 4.79 Å². The molecule has 1 aliphatic carbocycles. The molecular formula is C13H25NO3. The molecule has 1 saturated carbocycles. The molecule has 0 radical (unpaired) electrons. The number of hydrogen-bond donors (Lipinski definition) is 2. The van der Waals surface area contributed by atoms with E-state index in [1.165, 1.54) is 0 Å². The number of hydrogen-bond acceptors (Lipinski definition) is 3. The van der Waals surface area contributed by atoms with Gasteiger partial charge in [-0.2, -0.15) is 0 Å². The Morgan fingerprint density at radius 3 is 2.12 bits per heavy atom. The van der Waals surface area contributed by atoms with Gasteiger partial charge in [-0.05, 0) is 40.0 Å². The van der Waals surface area contributed by atoms with Crippen LogP contribution >= 0.6 is 0 Å². The number of alkyl carbamates (subject to hydrolysis) is 1. The molecule has 17 heavy (non-hydrogen) atoms. The van der Waals surface area contributed by atoms with E-state index in [-0.39, 0.29) is 17.6 Å². The number of nitrogens with one attached hydrogen (secondary N) is 1. The highest BCUT2D eigenvalue weighted by Gasteiger charge is 2.50. The molecule has 1 amide bonds. The summed E-state index contributed by atoms with van der Waals surface area (Å²) in [4.78, 5) is 11.8. The molecule has 100 valence electrons. The van der Waals surface area contributed by atoms with Crippen LogP contribution in [0.4, 0.5) is 4.79 Å². The van der Waals surface area contributed by atoms with Gasteiger partial charge in [-0.15, -0.1) is 0 Å². The monoisotopic (exact) mass is 243 g/mol. The van der Waals surface area contributed by atoms with Gasteiger partial charge in [0.05, 0.1) is 12.1 Å². The quantitative estimate of drug-likeness (QED) is 0.800. The van der Waals surface area contributed by atoms with Crippen molar-refractivity contribution in [3.05, 3.63) is 0 Å². The number of rotatable bonds is 3. The molecule has 1 fully saturated rings. The Balaban J connectivity index is 2.68. The first-order chi connectivity index (χ1) is 7.62. The molecule has 0 aliphatic heterocycles. The summed E-state index contributed by atoms with van der Waals surface area (Å²) < 4.78 is 5.28. The molecule has 0 aromatic rings. The summed E-state index contributed by atoms with van der Waals surface area (Å²) >= 11 is 0. The first kappa shape index (κ1) is 14.3. The highest BCUT2D eigenvalue weighted by Crippen LogP contribution is 2.45. The van der Waals surface area contributed by atoms with Gasteiger partial charge in [0.2, 0.25) is 0 Å². The van der Waals surface area contributed by atoms with E-state index in [1.54, 1.807) is 0 Å². The van der Waals surface area contributed by atoms with Gasteiger partial charge in [0.15, 0.2) is 0 Å². The summed E-state index contributed by atoms with van der Waals surface area (Å²) in [5, 5.41) is 12.4. The maximum absolute atomic E-state index is 11.8. The Kier molecular flexibility index (Phi) is 3.77. The van der Waals surface area contributed by atoms with E-state index in [9.17, 15) is 9.90 Å². The van der Waals surface area contributed by atoms with Crippen molar-refractivity contribution >= 4 is 6.09 Å². The van der Waals surface area contributed by atoms with Gasteiger partial charge in [0.1, 0.15) is 5.60 Å². The zero-order chi connectivity index (χ0) is 13.3. The fourth-order valence-corrected chi connectivity index (χ4v) is 2.15. The Morgan fingerprint density at radius 2 is 1.82 bits per heavy atom. The summed E-state index contributed by atoms with van der Waals surface area (Å²) in [5.41, 5.74) is -1.12. The van der Waals surface area contributed by atoms with Crippen molar-refractivity contribution < 1.29 is 14.6 Å². The molecule has 0 saturated heterocycles. The summed E-state index contributed by atoms with van der Waals surface area (Å²) in [6.07, 6.45) is 2.50. The van der Waals surface area contributed by atoms with Crippen LogP contribution < -0.4 is 5.32 Å². The second kappa shape index (κ2) is 4.48. The number of carbonyl (C=O) groups excluding carboxylic acids is 1. The Labute approximate surface area is 104 Å². The SMILES string of the molecule is CC(C)(C)OC(=O)NC1(C(C)(C)CO)CCC1. The third-order valence-corrected chi connectivity index (χ3v) is 3.64. The molecular weight excluding hydrogens is 218 g/mol. The van der Waals surface area contributed by atoms with Crippen LogP contribution in [0, 0.1) is 5.41 Å². The van der Waals surface area contributed by atoms with E-state index >= 15 is 0 Å². The van der Waals surface area contributed by atoms with Gasteiger partial charge in [-0.1, -0.05) is 13.8 Å². The van der Waals surface area contributed by atoms with Crippen molar-refractivity contribution in [2.75, 3.05) is 6.61 Å². The lowest BCUT2D eigenvalue weighted by atomic mass is 9.61. The molecule has 0 bridgehead atoms. The maximum atomic E-state index is 11.8. The molecule has 2 N–H and O–H groups in total. The van der Waals surface area contributed by atoms with Crippen LogP contribution in [0.25, 0.3) is 0 Å². The predicted octanol–water partition coefficient (Wildman–Crippen LogP) is 2.45. The Hall–Kier alpha value is -0.770. The maximum Gasteiger partial charge on any atom is 0.408 e. The van der Waals surface area contributed by atoms with Gasteiger partial charge in [0.25, 0.3) is 0 Å². The molecule has 1 aliphatic rings. The van der Waals surface area contributed by atoms with Crippen molar-refractivity contribution in [1.82, 2.24) is 5.32 Å². The van der Waals surface area contributed by atoms with Gasteiger partial charge in [0, 0.05) is 5.41 Å². The lowest BCUT2D eigenvalue weighted by molar-refractivity contribution is -0.0191. The van der Waals surface area contributed by atoms with Crippen molar-refractivity contribution in [2.45, 2.75) is 65.0 Å². The topological polar surface area (TPSA) is 58.6 Å². The lowest BCUT2D eigenvalue weighted by Crippen LogP contribution is -2.64. The largest absolute Gasteiger partial charge is 0.444 e. The number of carbonyl (C=O) groups is 1. The second-order valence-electron chi connectivity index (χ2n) is 6.60. The van der Waals surface area contributed by atoms with Crippen LogP contribution in [0.2, 0.25) is 0 Å². The third-order valence-electron chi connectivity index (χ3n) is 3.64. The van der Waals surface area contributed by atoms with Crippen LogP contribution in [0.1, 0.15) is 53.9 Å². The van der Waals surface area contributed by atoms with E-state index in [0.717, 1.165) is 19.3 Å². The molecule has 0 heterocycles. The van der Waals surface area contributed by atoms with Crippen molar-refractivity contribution in [3.8, 4) is 0 Å². The first-order valence-corrected chi connectivity index (χ1v) is 6.24. The molecule has 1 rings (SSSR count). The van der Waals surface area contributed by atoms with Crippen LogP contribution in [-0.4, -0.2) is 28.9 Å². The van der Waals surface area contributed by atoms with E-state index in [4.69, 9.17) is 4.74 Å².